The van der Waals surface area contributed by atoms with Gasteiger partial charge in [0.1, 0.15) is 0 Å². The highest BCUT2D eigenvalue weighted by Gasteiger charge is 2.43. The Morgan fingerprint density at radius 1 is 0.788 bits per heavy atom. The number of hydrogen-bond acceptors (Lipinski definition) is 7. The number of aromatic nitrogens is 2. The van der Waals surface area contributed by atoms with Crippen LogP contribution < -0.4 is 14.7 Å². The van der Waals surface area contributed by atoms with Gasteiger partial charge < -0.3 is 29.0 Å². The van der Waals surface area contributed by atoms with Crippen molar-refractivity contribution < 1.29 is 13.9 Å². The summed E-state index contributed by atoms with van der Waals surface area (Å²) in [6, 6.07) is 10.0. The minimum absolute atomic E-state index is 0.342. The van der Waals surface area contributed by atoms with E-state index in [0.717, 1.165) is 5.56 Å². The number of ether oxygens (including phenoxy) is 2. The van der Waals surface area contributed by atoms with Crippen molar-refractivity contribution in [2.24, 2.45) is 0 Å². The lowest BCUT2D eigenvalue weighted by Crippen LogP contribution is -2.43. The van der Waals surface area contributed by atoms with Gasteiger partial charge in [-0.15, -0.1) is 0 Å². The summed E-state index contributed by atoms with van der Waals surface area (Å²) in [5.41, 5.74) is 0.528. The standard InChI is InChI=1S/C24H29FN6O2/c1-26-24(19-5-3-2-4-6-19)7-9-31(10-8-24)23-27-21(29-11-15-32-16-12-29)20(25)22(28-23)30-13-17-33-18-14-30/h2-6H,7-18H2. The Labute approximate surface area is 193 Å². The molecule has 1 aromatic heterocycles. The molecule has 0 atom stereocenters. The van der Waals surface area contributed by atoms with Crippen LogP contribution in [0.1, 0.15) is 18.4 Å². The van der Waals surface area contributed by atoms with Crippen LogP contribution in [-0.2, 0) is 15.0 Å². The summed E-state index contributed by atoms with van der Waals surface area (Å²) >= 11 is 0. The van der Waals surface area contributed by atoms with Crippen LogP contribution >= 0.6 is 0 Å². The molecule has 174 valence electrons. The number of nitrogens with zero attached hydrogens (tertiary/aromatic N) is 6. The third-order valence-electron chi connectivity index (χ3n) is 6.82. The highest BCUT2D eigenvalue weighted by Crippen LogP contribution is 2.38. The summed E-state index contributed by atoms with van der Waals surface area (Å²) in [6.07, 6.45) is 1.36. The zero-order valence-electron chi connectivity index (χ0n) is 18.7. The molecular formula is C24H29FN6O2. The summed E-state index contributed by atoms with van der Waals surface area (Å²) in [6.45, 7) is 13.8. The van der Waals surface area contributed by atoms with Crippen LogP contribution in [0.25, 0.3) is 4.85 Å². The number of piperidine rings is 1. The molecule has 0 amide bonds. The molecule has 0 spiro atoms. The predicted molar refractivity (Wildman–Crippen MR) is 124 cm³/mol. The van der Waals surface area contributed by atoms with Gasteiger partial charge >= 0.3 is 0 Å². The largest absolute Gasteiger partial charge is 0.378 e. The summed E-state index contributed by atoms with van der Waals surface area (Å²) in [5, 5.41) is 0. The first-order chi connectivity index (χ1) is 16.2. The van der Waals surface area contributed by atoms with E-state index in [1.165, 1.54) is 0 Å². The number of rotatable bonds is 4. The highest BCUT2D eigenvalue weighted by atomic mass is 19.1. The second kappa shape index (κ2) is 9.49. The third kappa shape index (κ3) is 4.33. The molecule has 5 rings (SSSR count). The van der Waals surface area contributed by atoms with Crippen molar-refractivity contribution >= 4 is 17.6 Å². The van der Waals surface area contributed by atoms with Crippen molar-refractivity contribution in [1.29, 1.82) is 0 Å². The normalized spacial score (nSPS) is 21.0. The van der Waals surface area contributed by atoms with Crippen LogP contribution in [0, 0.1) is 12.4 Å². The molecule has 0 bridgehead atoms. The van der Waals surface area contributed by atoms with Crippen molar-refractivity contribution in [2.75, 3.05) is 80.4 Å². The zero-order chi connectivity index (χ0) is 22.7. The Morgan fingerprint density at radius 3 is 1.79 bits per heavy atom. The van der Waals surface area contributed by atoms with Gasteiger partial charge in [-0.3, -0.25) is 0 Å². The summed E-state index contributed by atoms with van der Waals surface area (Å²) in [7, 11) is 0. The minimum Gasteiger partial charge on any atom is -0.378 e. The number of halogens is 1. The molecule has 9 heteroatoms. The van der Waals surface area contributed by atoms with Gasteiger partial charge in [0.2, 0.25) is 11.8 Å². The molecule has 1 aromatic carbocycles. The van der Waals surface area contributed by atoms with Gasteiger partial charge in [0.25, 0.3) is 5.54 Å². The van der Waals surface area contributed by atoms with E-state index in [4.69, 9.17) is 26.0 Å². The van der Waals surface area contributed by atoms with Gasteiger partial charge in [-0.1, -0.05) is 30.3 Å². The van der Waals surface area contributed by atoms with Crippen LogP contribution in [-0.4, -0.2) is 75.7 Å². The molecule has 3 saturated heterocycles. The molecule has 2 aromatic rings. The number of benzene rings is 1. The van der Waals surface area contributed by atoms with Crippen LogP contribution in [0.2, 0.25) is 0 Å². The monoisotopic (exact) mass is 452 g/mol. The van der Waals surface area contributed by atoms with E-state index in [0.29, 0.717) is 96.1 Å². The molecule has 0 unspecified atom stereocenters. The fourth-order valence-corrected chi connectivity index (χ4v) is 4.81. The average Bonchev–Trinajstić information content (AvgIpc) is 2.90. The van der Waals surface area contributed by atoms with E-state index < -0.39 is 5.54 Å². The molecular weight excluding hydrogens is 423 g/mol. The van der Waals surface area contributed by atoms with Gasteiger partial charge in [-0.2, -0.15) is 14.4 Å². The van der Waals surface area contributed by atoms with Gasteiger partial charge in [0.05, 0.1) is 26.4 Å². The molecule has 0 saturated carbocycles. The molecule has 4 heterocycles. The second-order valence-electron chi connectivity index (χ2n) is 8.68. The van der Waals surface area contributed by atoms with Crippen molar-refractivity contribution in [3.05, 3.63) is 53.1 Å². The topological polar surface area (TPSA) is 58.3 Å². The Hall–Kier alpha value is -2.96. The Bertz CT molecular complexity index is 955. The molecule has 3 fully saturated rings. The highest BCUT2D eigenvalue weighted by molar-refractivity contribution is 5.58. The number of hydrogen-bond donors (Lipinski definition) is 0. The average molecular weight is 453 g/mol. The Balaban J connectivity index is 1.44. The first-order valence-electron chi connectivity index (χ1n) is 11.6. The molecule has 3 aliphatic rings. The molecule has 3 aliphatic heterocycles. The zero-order valence-corrected chi connectivity index (χ0v) is 18.7. The van der Waals surface area contributed by atoms with Crippen molar-refractivity contribution in [2.45, 2.75) is 18.4 Å². The van der Waals surface area contributed by atoms with Crippen LogP contribution in [0.15, 0.2) is 30.3 Å². The minimum atomic E-state index is -0.530. The summed E-state index contributed by atoms with van der Waals surface area (Å²) < 4.78 is 26.6. The molecule has 0 N–H and O–H groups in total. The van der Waals surface area contributed by atoms with Crippen molar-refractivity contribution in [1.82, 2.24) is 9.97 Å². The lowest BCUT2D eigenvalue weighted by Gasteiger charge is -2.36. The molecule has 0 radical (unpaired) electrons. The molecule has 0 aliphatic carbocycles. The van der Waals surface area contributed by atoms with E-state index >= 15 is 4.39 Å². The van der Waals surface area contributed by atoms with Crippen LogP contribution in [0.4, 0.5) is 22.0 Å². The maximum Gasteiger partial charge on any atom is 0.260 e. The van der Waals surface area contributed by atoms with Gasteiger partial charge in [-0.05, 0) is 0 Å². The molecule has 33 heavy (non-hydrogen) atoms. The number of morpholine rings is 2. The SMILES string of the molecule is [C-]#[N+]C1(c2ccccc2)CCN(c2nc(N3CCOCC3)c(F)c(N3CCOCC3)n2)CC1. The van der Waals surface area contributed by atoms with Crippen LogP contribution in [0.3, 0.4) is 0 Å². The van der Waals surface area contributed by atoms with Gasteiger partial charge in [0.15, 0.2) is 11.6 Å². The summed E-state index contributed by atoms with van der Waals surface area (Å²) in [5.74, 6) is 0.843. The molecule has 8 nitrogen and oxygen atoms in total. The van der Waals surface area contributed by atoms with E-state index in [1.807, 2.05) is 40.1 Å². The lowest BCUT2D eigenvalue weighted by atomic mass is 9.82. The Kier molecular flexibility index (Phi) is 6.29. The first-order valence-corrected chi connectivity index (χ1v) is 11.6. The smallest absolute Gasteiger partial charge is 0.260 e. The van der Waals surface area contributed by atoms with Crippen molar-refractivity contribution in [3.63, 3.8) is 0 Å². The fourth-order valence-electron chi connectivity index (χ4n) is 4.81. The maximum atomic E-state index is 15.6. The Morgan fingerprint density at radius 2 is 1.30 bits per heavy atom. The van der Waals surface area contributed by atoms with Gasteiger partial charge in [-0.25, -0.2) is 6.57 Å². The van der Waals surface area contributed by atoms with Gasteiger partial charge in [0, 0.05) is 57.7 Å². The maximum absolute atomic E-state index is 15.6. The van der Waals surface area contributed by atoms with E-state index in [1.54, 1.807) is 0 Å². The second-order valence-corrected chi connectivity index (χ2v) is 8.68. The first kappa shape index (κ1) is 21.9. The van der Waals surface area contributed by atoms with E-state index in [-0.39, 0.29) is 5.82 Å². The third-order valence-corrected chi connectivity index (χ3v) is 6.82. The lowest BCUT2D eigenvalue weighted by molar-refractivity contribution is 0.121. The van der Waals surface area contributed by atoms with E-state index in [2.05, 4.69) is 9.74 Å². The fraction of sp³-hybridized carbons (Fsp3) is 0.542. The quantitative estimate of drug-likeness (QED) is 0.661. The van der Waals surface area contributed by atoms with Crippen molar-refractivity contribution in [3.8, 4) is 0 Å². The number of anilines is 3. The predicted octanol–water partition coefficient (Wildman–Crippen LogP) is 2.70. The van der Waals surface area contributed by atoms with Crippen LogP contribution in [0.5, 0.6) is 0 Å². The van der Waals surface area contributed by atoms with E-state index in [9.17, 15) is 0 Å². The summed E-state index contributed by atoms with van der Waals surface area (Å²) in [4.78, 5) is 19.4.